The van der Waals surface area contributed by atoms with Crippen LogP contribution in [-0.4, -0.2) is 47.6 Å². The van der Waals surface area contributed by atoms with E-state index < -0.39 is 0 Å². The van der Waals surface area contributed by atoms with E-state index in [2.05, 4.69) is 42.7 Å². The Morgan fingerprint density at radius 3 is 2.76 bits per heavy atom. The quantitative estimate of drug-likeness (QED) is 0.832. The molecule has 2 nitrogen and oxygen atoms in total. The highest BCUT2D eigenvalue weighted by Gasteiger charge is 2.36. The van der Waals surface area contributed by atoms with Crippen molar-refractivity contribution in [3.8, 4) is 0 Å². The lowest BCUT2D eigenvalue weighted by atomic mass is 9.86. The Labute approximate surface area is 111 Å². The highest BCUT2D eigenvalue weighted by Crippen LogP contribution is 2.31. The standard InChI is InChI=1S/C14H28N2S/c1-4-7-15-14-5-8-16(12(3)11(14)2)13-6-9-17-10-13/h11-15H,4-10H2,1-3H3. The van der Waals surface area contributed by atoms with Crippen LogP contribution in [0.1, 0.15) is 40.0 Å². The Bertz CT molecular complexity index is 228. The molecule has 2 fully saturated rings. The van der Waals surface area contributed by atoms with Crippen molar-refractivity contribution in [2.75, 3.05) is 24.6 Å². The van der Waals surface area contributed by atoms with Crippen LogP contribution in [0.25, 0.3) is 0 Å². The normalized spacial score (nSPS) is 39.7. The lowest BCUT2D eigenvalue weighted by molar-refractivity contribution is 0.0555. The first-order chi connectivity index (χ1) is 8.24. The zero-order valence-corrected chi connectivity index (χ0v) is 12.4. The zero-order valence-electron chi connectivity index (χ0n) is 11.6. The maximum absolute atomic E-state index is 3.73. The van der Waals surface area contributed by atoms with Gasteiger partial charge in [0, 0.05) is 30.4 Å². The molecule has 0 amide bonds. The van der Waals surface area contributed by atoms with Gasteiger partial charge in [0.15, 0.2) is 0 Å². The molecular formula is C14H28N2S. The van der Waals surface area contributed by atoms with Gasteiger partial charge in [-0.05, 0) is 44.4 Å². The second-order valence-electron chi connectivity index (χ2n) is 5.70. The largest absolute Gasteiger partial charge is 0.314 e. The van der Waals surface area contributed by atoms with Gasteiger partial charge >= 0.3 is 0 Å². The summed E-state index contributed by atoms with van der Waals surface area (Å²) in [5, 5.41) is 3.73. The Morgan fingerprint density at radius 1 is 1.29 bits per heavy atom. The fourth-order valence-electron chi connectivity index (χ4n) is 3.31. The van der Waals surface area contributed by atoms with Gasteiger partial charge < -0.3 is 5.32 Å². The van der Waals surface area contributed by atoms with Crippen molar-refractivity contribution < 1.29 is 0 Å². The lowest BCUT2D eigenvalue weighted by Crippen LogP contribution is -2.56. The Hall–Kier alpha value is 0.270. The van der Waals surface area contributed by atoms with Gasteiger partial charge in [0.05, 0.1) is 0 Å². The van der Waals surface area contributed by atoms with E-state index in [4.69, 9.17) is 0 Å². The minimum absolute atomic E-state index is 0.746. The van der Waals surface area contributed by atoms with Crippen molar-refractivity contribution in [3.63, 3.8) is 0 Å². The molecule has 1 N–H and O–H groups in total. The second-order valence-corrected chi connectivity index (χ2v) is 6.85. The van der Waals surface area contributed by atoms with Gasteiger partial charge in [0.2, 0.25) is 0 Å². The van der Waals surface area contributed by atoms with Crippen LogP contribution in [-0.2, 0) is 0 Å². The molecule has 0 saturated carbocycles. The number of nitrogens with zero attached hydrogens (tertiary/aromatic N) is 1. The van der Waals surface area contributed by atoms with Crippen LogP contribution >= 0.6 is 11.8 Å². The number of hydrogen-bond acceptors (Lipinski definition) is 3. The summed E-state index contributed by atoms with van der Waals surface area (Å²) in [5.41, 5.74) is 0. The van der Waals surface area contributed by atoms with Crippen LogP contribution < -0.4 is 5.32 Å². The van der Waals surface area contributed by atoms with Crippen LogP contribution in [0.4, 0.5) is 0 Å². The van der Waals surface area contributed by atoms with Gasteiger partial charge in [-0.1, -0.05) is 13.8 Å². The van der Waals surface area contributed by atoms with Gasteiger partial charge in [0.25, 0.3) is 0 Å². The number of piperidine rings is 1. The zero-order chi connectivity index (χ0) is 12.3. The van der Waals surface area contributed by atoms with Crippen LogP contribution in [0.15, 0.2) is 0 Å². The molecule has 2 aliphatic heterocycles. The molecule has 0 spiro atoms. The van der Waals surface area contributed by atoms with E-state index >= 15 is 0 Å². The average molecular weight is 256 g/mol. The first kappa shape index (κ1) is 13.7. The smallest absolute Gasteiger partial charge is 0.0197 e. The third kappa shape index (κ3) is 3.18. The molecule has 0 aromatic heterocycles. The van der Waals surface area contributed by atoms with Crippen molar-refractivity contribution in [2.24, 2.45) is 5.92 Å². The first-order valence-corrected chi connectivity index (χ1v) is 8.46. The fourth-order valence-corrected chi connectivity index (χ4v) is 4.54. The summed E-state index contributed by atoms with van der Waals surface area (Å²) in [4.78, 5) is 2.79. The maximum Gasteiger partial charge on any atom is 0.0197 e. The number of thioether (sulfide) groups is 1. The third-order valence-corrected chi connectivity index (χ3v) is 5.79. The van der Waals surface area contributed by atoms with Crippen LogP contribution in [0.2, 0.25) is 0 Å². The minimum atomic E-state index is 0.746. The Balaban J connectivity index is 1.88. The third-order valence-electron chi connectivity index (χ3n) is 4.65. The molecule has 2 saturated heterocycles. The number of likely N-dealkylation sites (tertiary alicyclic amines) is 1. The van der Waals surface area contributed by atoms with Crippen molar-refractivity contribution in [2.45, 2.75) is 58.2 Å². The van der Waals surface area contributed by atoms with E-state index in [0.717, 1.165) is 24.0 Å². The monoisotopic (exact) mass is 256 g/mol. The Morgan fingerprint density at radius 2 is 2.12 bits per heavy atom. The molecule has 100 valence electrons. The molecule has 0 aromatic carbocycles. The molecule has 4 unspecified atom stereocenters. The first-order valence-electron chi connectivity index (χ1n) is 7.31. The van der Waals surface area contributed by atoms with Gasteiger partial charge in [-0.15, -0.1) is 0 Å². The van der Waals surface area contributed by atoms with E-state index in [1.807, 2.05) is 0 Å². The average Bonchev–Trinajstić information content (AvgIpc) is 2.85. The molecule has 2 heterocycles. The summed E-state index contributed by atoms with van der Waals surface area (Å²) in [6.07, 6.45) is 4.00. The summed E-state index contributed by atoms with van der Waals surface area (Å²) in [6.45, 7) is 9.62. The van der Waals surface area contributed by atoms with Crippen molar-refractivity contribution in [1.82, 2.24) is 10.2 Å². The van der Waals surface area contributed by atoms with Gasteiger partial charge in [-0.25, -0.2) is 0 Å². The number of hydrogen-bond donors (Lipinski definition) is 1. The number of rotatable bonds is 4. The van der Waals surface area contributed by atoms with Crippen molar-refractivity contribution in [3.05, 3.63) is 0 Å². The molecule has 0 aromatic rings. The predicted molar refractivity (Wildman–Crippen MR) is 77.8 cm³/mol. The maximum atomic E-state index is 3.73. The molecule has 0 aliphatic carbocycles. The SMILES string of the molecule is CCCNC1CCN(C2CCSC2)C(C)C1C. The molecule has 2 rings (SSSR count). The molecule has 0 bridgehead atoms. The van der Waals surface area contributed by atoms with E-state index in [-0.39, 0.29) is 0 Å². The minimum Gasteiger partial charge on any atom is -0.314 e. The van der Waals surface area contributed by atoms with Crippen LogP contribution in [0.5, 0.6) is 0 Å². The predicted octanol–water partition coefficient (Wildman–Crippen LogP) is 2.59. The lowest BCUT2D eigenvalue weighted by Gasteiger charge is -2.45. The van der Waals surface area contributed by atoms with Crippen molar-refractivity contribution in [1.29, 1.82) is 0 Å². The van der Waals surface area contributed by atoms with Crippen LogP contribution in [0.3, 0.4) is 0 Å². The molecule has 3 heteroatoms. The summed E-state index contributed by atoms with van der Waals surface area (Å²) in [6, 6.07) is 2.36. The van der Waals surface area contributed by atoms with Gasteiger partial charge in [-0.3, -0.25) is 4.90 Å². The summed E-state index contributed by atoms with van der Waals surface area (Å²) < 4.78 is 0. The molecule has 4 atom stereocenters. The summed E-state index contributed by atoms with van der Waals surface area (Å²) >= 11 is 2.14. The van der Waals surface area contributed by atoms with E-state index in [1.54, 1.807) is 0 Å². The van der Waals surface area contributed by atoms with Gasteiger partial charge in [0.1, 0.15) is 0 Å². The highest BCUT2D eigenvalue weighted by molar-refractivity contribution is 7.99. The number of nitrogens with one attached hydrogen (secondary N) is 1. The van der Waals surface area contributed by atoms with Crippen molar-refractivity contribution >= 4 is 11.8 Å². The fraction of sp³-hybridized carbons (Fsp3) is 1.00. The van der Waals surface area contributed by atoms with E-state index in [0.29, 0.717) is 0 Å². The highest BCUT2D eigenvalue weighted by atomic mass is 32.2. The van der Waals surface area contributed by atoms with E-state index in [9.17, 15) is 0 Å². The topological polar surface area (TPSA) is 15.3 Å². The molecule has 2 aliphatic rings. The summed E-state index contributed by atoms with van der Waals surface area (Å²) in [7, 11) is 0. The second kappa shape index (κ2) is 6.44. The molecular weight excluding hydrogens is 228 g/mol. The molecule has 0 radical (unpaired) electrons. The van der Waals surface area contributed by atoms with Gasteiger partial charge in [-0.2, -0.15) is 11.8 Å². The summed E-state index contributed by atoms with van der Waals surface area (Å²) in [5.74, 6) is 3.53. The van der Waals surface area contributed by atoms with Crippen LogP contribution in [0, 0.1) is 5.92 Å². The Kier molecular flexibility index (Phi) is 5.19. The van der Waals surface area contributed by atoms with E-state index in [1.165, 1.54) is 43.9 Å². The molecule has 17 heavy (non-hydrogen) atoms.